The van der Waals surface area contributed by atoms with Gasteiger partial charge in [0.05, 0.1) is 6.04 Å². The van der Waals surface area contributed by atoms with E-state index in [2.05, 4.69) is 25.2 Å². The minimum absolute atomic E-state index is 0.442. The van der Waals surface area contributed by atoms with Crippen LogP contribution in [0.15, 0.2) is 59.9 Å². The zero-order chi connectivity index (χ0) is 15.1. The van der Waals surface area contributed by atoms with Crippen molar-refractivity contribution in [2.75, 3.05) is 0 Å². The average molecular weight is 283 g/mol. The third-order valence-electron chi connectivity index (χ3n) is 3.37. The first-order valence-electron chi connectivity index (χ1n) is 7.26. The molecular weight excluding hydrogens is 262 g/mol. The molecule has 0 heterocycles. The molecule has 110 valence electrons. The summed E-state index contributed by atoms with van der Waals surface area (Å²) in [7, 11) is 0. The van der Waals surface area contributed by atoms with E-state index < -0.39 is 6.04 Å². The van der Waals surface area contributed by atoms with Crippen molar-refractivity contribution >= 4 is 6.29 Å². The van der Waals surface area contributed by atoms with Crippen LogP contribution in [0.4, 0.5) is 0 Å². The maximum atomic E-state index is 10.6. The molecule has 0 bridgehead atoms. The summed E-state index contributed by atoms with van der Waals surface area (Å²) >= 11 is 0. The summed E-state index contributed by atoms with van der Waals surface area (Å²) in [6.45, 7) is 2.14. The topological polar surface area (TPSA) is 52.3 Å². The van der Waals surface area contributed by atoms with Gasteiger partial charge < -0.3 is 15.3 Å². The Morgan fingerprint density at radius 3 is 2.67 bits per heavy atom. The molecule has 0 aromatic heterocycles. The number of rotatable bonds is 6. The number of carbonyl (C=O) groups excluding carboxylic acids is 1. The fourth-order valence-corrected chi connectivity index (χ4v) is 2.14. The van der Waals surface area contributed by atoms with Gasteiger partial charge in [-0.3, -0.25) is 0 Å². The molecule has 2 N–H and O–H groups in total. The summed E-state index contributed by atoms with van der Waals surface area (Å²) in [5.41, 5.74) is 7.96. The highest BCUT2D eigenvalue weighted by molar-refractivity contribution is 5.57. The summed E-state index contributed by atoms with van der Waals surface area (Å²) in [6.07, 6.45) is 11.6. The zero-order valence-electron chi connectivity index (χ0n) is 12.3. The van der Waals surface area contributed by atoms with Gasteiger partial charge in [0.25, 0.3) is 0 Å². The van der Waals surface area contributed by atoms with E-state index in [1.54, 1.807) is 0 Å². The Kier molecular flexibility index (Phi) is 5.52. The Balaban J connectivity index is 1.98. The third kappa shape index (κ3) is 4.72. The van der Waals surface area contributed by atoms with Gasteiger partial charge in [-0.25, -0.2) is 0 Å². The molecule has 1 atom stereocenters. The lowest BCUT2D eigenvalue weighted by molar-refractivity contribution is -0.108. The zero-order valence-corrected chi connectivity index (χ0v) is 12.3. The molecule has 0 aliphatic heterocycles. The van der Waals surface area contributed by atoms with Crippen LogP contribution >= 0.6 is 0 Å². The molecule has 1 aromatic rings. The van der Waals surface area contributed by atoms with Crippen molar-refractivity contribution in [3.8, 4) is 5.75 Å². The second-order valence-electron chi connectivity index (χ2n) is 5.06. The Bertz CT molecular complexity index is 567. The molecule has 1 aromatic carbocycles. The van der Waals surface area contributed by atoms with E-state index in [1.165, 1.54) is 5.57 Å². The smallest absolute Gasteiger partial charge is 0.137 e. The van der Waals surface area contributed by atoms with Crippen LogP contribution in [0.1, 0.15) is 25.3 Å². The molecular formula is C18H21NO2. The number of nitrogens with two attached hydrogens (primary N) is 1. The van der Waals surface area contributed by atoms with Gasteiger partial charge in [-0.15, -0.1) is 0 Å². The van der Waals surface area contributed by atoms with Crippen molar-refractivity contribution in [3.63, 3.8) is 0 Å². The van der Waals surface area contributed by atoms with Gasteiger partial charge in [-0.2, -0.15) is 0 Å². The van der Waals surface area contributed by atoms with E-state index >= 15 is 0 Å². The van der Waals surface area contributed by atoms with Gasteiger partial charge in [0.15, 0.2) is 0 Å². The lowest BCUT2D eigenvalue weighted by Crippen LogP contribution is -2.23. The van der Waals surface area contributed by atoms with E-state index in [-0.39, 0.29) is 0 Å². The molecule has 0 saturated carbocycles. The Morgan fingerprint density at radius 1 is 1.24 bits per heavy atom. The first-order valence-corrected chi connectivity index (χ1v) is 7.26. The molecule has 0 saturated heterocycles. The van der Waals surface area contributed by atoms with E-state index in [1.807, 2.05) is 30.3 Å². The van der Waals surface area contributed by atoms with Gasteiger partial charge in [-0.05, 0) is 49.1 Å². The standard InChI is InChI=1S/C18H21NO2/c1-2-14-4-3-5-17(9-6-14)21-18-10-7-15(8-11-18)12-16(19)13-20/h4-11,13,16H,2-3,12,19H2,1H3. The maximum Gasteiger partial charge on any atom is 0.137 e. The molecule has 0 amide bonds. The molecule has 0 radical (unpaired) electrons. The third-order valence-corrected chi connectivity index (χ3v) is 3.37. The lowest BCUT2D eigenvalue weighted by Gasteiger charge is -2.08. The van der Waals surface area contributed by atoms with E-state index in [4.69, 9.17) is 10.5 Å². The number of allylic oxidation sites excluding steroid dienone is 5. The minimum Gasteiger partial charge on any atom is -0.458 e. The quantitative estimate of drug-likeness (QED) is 0.815. The predicted molar refractivity (Wildman–Crippen MR) is 85.0 cm³/mol. The van der Waals surface area contributed by atoms with Crippen molar-refractivity contribution in [3.05, 3.63) is 65.5 Å². The number of benzene rings is 1. The van der Waals surface area contributed by atoms with Gasteiger partial charge in [-0.1, -0.05) is 36.8 Å². The summed E-state index contributed by atoms with van der Waals surface area (Å²) < 4.78 is 5.85. The highest BCUT2D eigenvalue weighted by Gasteiger charge is 2.04. The van der Waals surface area contributed by atoms with E-state index in [0.29, 0.717) is 6.42 Å². The van der Waals surface area contributed by atoms with Crippen LogP contribution in [0.2, 0.25) is 0 Å². The lowest BCUT2D eigenvalue weighted by atomic mass is 10.1. The molecule has 1 unspecified atom stereocenters. The van der Waals surface area contributed by atoms with Crippen molar-refractivity contribution in [2.45, 2.75) is 32.2 Å². The van der Waals surface area contributed by atoms with Crippen LogP contribution in [-0.4, -0.2) is 12.3 Å². The number of hydrogen-bond donors (Lipinski definition) is 1. The van der Waals surface area contributed by atoms with Crippen molar-refractivity contribution in [1.82, 2.24) is 0 Å². The monoisotopic (exact) mass is 283 g/mol. The van der Waals surface area contributed by atoms with Crippen LogP contribution in [0, 0.1) is 0 Å². The number of aldehydes is 1. The van der Waals surface area contributed by atoms with Crippen LogP contribution in [0.3, 0.4) is 0 Å². The fourth-order valence-electron chi connectivity index (χ4n) is 2.14. The highest BCUT2D eigenvalue weighted by Crippen LogP contribution is 2.19. The minimum atomic E-state index is -0.442. The average Bonchev–Trinajstić information content (AvgIpc) is 2.74. The van der Waals surface area contributed by atoms with E-state index in [0.717, 1.165) is 36.2 Å². The Morgan fingerprint density at radius 2 is 2.00 bits per heavy atom. The van der Waals surface area contributed by atoms with Crippen molar-refractivity contribution in [2.24, 2.45) is 5.73 Å². The molecule has 21 heavy (non-hydrogen) atoms. The molecule has 0 spiro atoms. The van der Waals surface area contributed by atoms with Crippen molar-refractivity contribution < 1.29 is 9.53 Å². The number of ether oxygens (including phenoxy) is 1. The molecule has 2 rings (SSSR count). The second kappa shape index (κ2) is 7.60. The summed E-state index contributed by atoms with van der Waals surface area (Å²) in [6, 6.07) is 7.24. The Labute approximate surface area is 125 Å². The summed E-state index contributed by atoms with van der Waals surface area (Å²) in [5.74, 6) is 1.64. The molecule has 3 nitrogen and oxygen atoms in total. The predicted octanol–water partition coefficient (Wildman–Crippen LogP) is 3.31. The first kappa shape index (κ1) is 15.3. The molecule has 3 heteroatoms. The summed E-state index contributed by atoms with van der Waals surface area (Å²) in [5, 5.41) is 0. The largest absolute Gasteiger partial charge is 0.458 e. The van der Waals surface area contributed by atoms with Crippen LogP contribution in [0.25, 0.3) is 0 Å². The maximum absolute atomic E-state index is 10.6. The second-order valence-corrected chi connectivity index (χ2v) is 5.06. The number of hydrogen-bond acceptors (Lipinski definition) is 3. The normalized spacial score (nSPS) is 15.7. The van der Waals surface area contributed by atoms with Crippen LogP contribution in [0.5, 0.6) is 5.75 Å². The van der Waals surface area contributed by atoms with Gasteiger partial charge in [0, 0.05) is 0 Å². The highest BCUT2D eigenvalue weighted by atomic mass is 16.5. The van der Waals surface area contributed by atoms with Gasteiger partial charge >= 0.3 is 0 Å². The van der Waals surface area contributed by atoms with Gasteiger partial charge in [0.2, 0.25) is 0 Å². The summed E-state index contributed by atoms with van der Waals surface area (Å²) in [4.78, 5) is 10.6. The van der Waals surface area contributed by atoms with Crippen LogP contribution in [-0.2, 0) is 11.2 Å². The van der Waals surface area contributed by atoms with Gasteiger partial charge in [0.1, 0.15) is 17.8 Å². The molecule has 0 fully saturated rings. The SMILES string of the molecule is CCC1=CCC=C(Oc2ccc(CC(N)C=O)cc2)C=C1. The number of carbonyl (C=O) groups is 1. The van der Waals surface area contributed by atoms with Crippen LogP contribution < -0.4 is 10.5 Å². The molecule has 1 aliphatic carbocycles. The Hall–Kier alpha value is -2.13. The first-order chi connectivity index (χ1) is 10.2. The fraction of sp³-hybridized carbons (Fsp3) is 0.278. The van der Waals surface area contributed by atoms with E-state index in [9.17, 15) is 4.79 Å². The van der Waals surface area contributed by atoms with Crippen molar-refractivity contribution in [1.29, 1.82) is 0 Å². The molecule has 1 aliphatic rings.